The maximum Gasteiger partial charge on any atom is 0.120 e. The van der Waals surface area contributed by atoms with Crippen LogP contribution in [0.5, 0.6) is 0 Å². The van der Waals surface area contributed by atoms with Crippen LogP contribution in [-0.2, 0) is 0 Å². The molecule has 1 fully saturated rings. The van der Waals surface area contributed by atoms with Crippen LogP contribution in [0.1, 0.15) is 39.1 Å². The third-order valence-electron chi connectivity index (χ3n) is 3.41. The van der Waals surface area contributed by atoms with E-state index in [1.54, 1.807) is 0 Å². The molecule has 0 N–H and O–H groups in total. The molecule has 2 atom stereocenters. The molecule has 1 nitrogen and oxygen atoms in total. The summed E-state index contributed by atoms with van der Waals surface area (Å²) >= 11 is 1.82. The molecule has 0 spiro atoms. The van der Waals surface area contributed by atoms with Gasteiger partial charge < -0.3 is 0 Å². The van der Waals surface area contributed by atoms with Crippen LogP contribution in [0.15, 0.2) is 42.5 Å². The smallest absolute Gasteiger partial charge is 0.120 e. The molecular weight excluding hydrogens is 262 g/mol. The quantitative estimate of drug-likeness (QED) is 0.632. The molecule has 1 aromatic carbocycles. The Bertz CT molecular complexity index is 588. The highest BCUT2D eigenvalue weighted by Gasteiger charge is 2.40. The van der Waals surface area contributed by atoms with Crippen LogP contribution in [0, 0.1) is 11.8 Å². The predicted molar refractivity (Wildman–Crippen MR) is 91.0 cm³/mol. The molecule has 4 rings (SSSR count). The van der Waals surface area contributed by atoms with Gasteiger partial charge in [-0.2, -0.15) is 0 Å². The third-order valence-corrected chi connectivity index (χ3v) is 4.50. The topological polar surface area (TPSA) is 12.9 Å². The monoisotopic (exact) mass is 285 g/mol. The van der Waals surface area contributed by atoms with E-state index in [0.29, 0.717) is 0 Å². The first-order valence-corrected chi connectivity index (χ1v) is 8.48. The maximum atomic E-state index is 4.73. The van der Waals surface area contributed by atoms with Crippen LogP contribution in [0.4, 0.5) is 0 Å². The summed E-state index contributed by atoms with van der Waals surface area (Å²) in [5.74, 6) is 1.55. The lowest BCUT2D eigenvalue weighted by molar-refractivity contribution is 0.996. The fourth-order valence-corrected chi connectivity index (χ4v) is 3.49. The minimum absolute atomic E-state index is 0.755. The first-order valence-electron chi connectivity index (χ1n) is 7.66. The average molecular weight is 285 g/mol. The molecule has 2 aliphatic rings. The van der Waals surface area contributed by atoms with Crippen LogP contribution < -0.4 is 0 Å². The molecule has 0 radical (unpaired) electrons. The zero-order valence-corrected chi connectivity index (χ0v) is 13.6. The highest BCUT2D eigenvalue weighted by atomic mass is 32.1. The maximum absolute atomic E-state index is 4.73. The van der Waals surface area contributed by atoms with Gasteiger partial charge in [0.05, 0.1) is 10.2 Å². The Kier molecular flexibility index (Phi) is 5.13. The van der Waals surface area contributed by atoms with Crippen molar-refractivity contribution >= 4 is 27.1 Å². The largest absolute Gasteiger partial charge is 0.236 e. The molecule has 0 aliphatic heterocycles. The second-order valence-corrected chi connectivity index (χ2v) is 5.53. The van der Waals surface area contributed by atoms with E-state index in [1.165, 1.54) is 21.7 Å². The van der Waals surface area contributed by atoms with Crippen molar-refractivity contribution in [1.29, 1.82) is 0 Å². The number of fused-ring (bicyclic) bond motifs is 2. The summed E-state index contributed by atoms with van der Waals surface area (Å²) in [5, 5.41) is 1.22. The fourth-order valence-electron chi connectivity index (χ4n) is 2.44. The minimum atomic E-state index is 0.755. The van der Waals surface area contributed by atoms with Crippen molar-refractivity contribution in [2.24, 2.45) is 11.8 Å². The number of aromatic nitrogens is 1. The van der Waals surface area contributed by atoms with Crippen LogP contribution in [0.2, 0.25) is 0 Å². The van der Waals surface area contributed by atoms with Gasteiger partial charge in [0, 0.05) is 0 Å². The number of hydrogen-bond acceptors (Lipinski definition) is 2. The second-order valence-electron chi connectivity index (χ2n) is 4.50. The van der Waals surface area contributed by atoms with Crippen LogP contribution in [0.25, 0.3) is 15.8 Å². The molecule has 20 heavy (non-hydrogen) atoms. The molecule has 0 saturated heterocycles. The third kappa shape index (κ3) is 2.85. The minimum Gasteiger partial charge on any atom is -0.236 e. The molecule has 1 saturated carbocycles. The lowest BCUT2D eigenvalue weighted by atomic mass is 10.1. The number of allylic oxidation sites excluding steroid dienone is 4. The average Bonchev–Trinajstić information content (AvgIpc) is 3.21. The first kappa shape index (κ1) is 15.0. The van der Waals surface area contributed by atoms with Crippen molar-refractivity contribution in [2.45, 2.75) is 34.1 Å². The summed E-state index contributed by atoms with van der Waals surface area (Å²) in [4.78, 5) is 4.73. The van der Waals surface area contributed by atoms with Crippen molar-refractivity contribution in [1.82, 2.24) is 4.98 Å². The Hall–Kier alpha value is -1.41. The molecule has 106 valence electrons. The van der Waals surface area contributed by atoms with E-state index in [4.69, 9.17) is 4.98 Å². The molecule has 1 heterocycles. The van der Waals surface area contributed by atoms with Crippen molar-refractivity contribution in [3.63, 3.8) is 0 Å². The van der Waals surface area contributed by atoms with Gasteiger partial charge in [0.25, 0.3) is 0 Å². The van der Waals surface area contributed by atoms with E-state index in [2.05, 4.69) is 42.5 Å². The molecule has 2 aliphatic carbocycles. The van der Waals surface area contributed by atoms with Crippen LogP contribution >= 0.6 is 11.3 Å². The van der Waals surface area contributed by atoms with E-state index >= 15 is 0 Å². The summed E-state index contributed by atoms with van der Waals surface area (Å²) in [5.41, 5.74) is 2.59. The Morgan fingerprint density at radius 3 is 2.60 bits per heavy atom. The summed E-state index contributed by atoms with van der Waals surface area (Å²) in [6.07, 6.45) is 8.07. The van der Waals surface area contributed by atoms with Crippen molar-refractivity contribution in [3.8, 4) is 0 Å². The molecule has 0 amide bonds. The van der Waals surface area contributed by atoms with E-state index in [0.717, 1.165) is 17.4 Å². The van der Waals surface area contributed by atoms with Crippen molar-refractivity contribution in [2.75, 3.05) is 0 Å². The van der Waals surface area contributed by atoms with Gasteiger partial charge in [-0.05, 0) is 36.0 Å². The van der Waals surface area contributed by atoms with Crippen LogP contribution in [0.3, 0.4) is 0 Å². The molecule has 2 aromatic rings. The standard InChI is InChI=1S/C14H11NS.2C2H6/c1-2-7-13-12(6-1)15-14(16-13)10-5-3-4-9-8-11(9)10;2*1-2/h1-7,9,11H,8H2;2*1-2H3. The van der Waals surface area contributed by atoms with Gasteiger partial charge in [0.2, 0.25) is 0 Å². The number of benzene rings is 1. The highest BCUT2D eigenvalue weighted by Crippen LogP contribution is 2.51. The summed E-state index contributed by atoms with van der Waals surface area (Å²) in [6, 6.07) is 8.39. The van der Waals surface area contributed by atoms with Crippen LogP contribution in [-0.4, -0.2) is 4.98 Å². The molecule has 2 heteroatoms. The van der Waals surface area contributed by atoms with Gasteiger partial charge in [-0.15, -0.1) is 11.3 Å². The number of para-hydroxylation sites is 1. The number of hydrogen-bond donors (Lipinski definition) is 0. The molecule has 2 unspecified atom stereocenters. The van der Waals surface area contributed by atoms with Crippen molar-refractivity contribution in [3.05, 3.63) is 47.5 Å². The van der Waals surface area contributed by atoms with Gasteiger partial charge in [0.1, 0.15) is 5.01 Å². The second kappa shape index (κ2) is 6.85. The Morgan fingerprint density at radius 2 is 1.85 bits per heavy atom. The fraction of sp³-hybridized carbons (Fsp3) is 0.389. The first-order chi connectivity index (χ1) is 9.92. The number of thiazole rings is 1. The van der Waals surface area contributed by atoms with E-state index < -0.39 is 0 Å². The lowest BCUT2D eigenvalue weighted by Gasteiger charge is -2.03. The van der Waals surface area contributed by atoms with E-state index in [9.17, 15) is 0 Å². The normalized spacial score (nSPS) is 21.9. The zero-order chi connectivity index (χ0) is 14.5. The Morgan fingerprint density at radius 1 is 1.10 bits per heavy atom. The number of rotatable bonds is 1. The summed E-state index contributed by atoms with van der Waals surface area (Å²) < 4.78 is 1.30. The Balaban J connectivity index is 0.000000340. The van der Waals surface area contributed by atoms with E-state index in [-0.39, 0.29) is 0 Å². The molecule has 0 bridgehead atoms. The SMILES string of the molecule is C1=CC2CC2C(c2nc3ccccc3s2)=C1.CC.CC. The Labute approximate surface area is 126 Å². The van der Waals surface area contributed by atoms with Gasteiger partial charge in [-0.25, -0.2) is 4.98 Å². The van der Waals surface area contributed by atoms with Gasteiger partial charge in [-0.1, -0.05) is 58.1 Å². The molecular formula is C18H23NS. The lowest BCUT2D eigenvalue weighted by Crippen LogP contribution is -1.90. The summed E-state index contributed by atoms with van der Waals surface area (Å²) in [7, 11) is 0. The highest BCUT2D eigenvalue weighted by molar-refractivity contribution is 7.19. The zero-order valence-electron chi connectivity index (χ0n) is 12.8. The molecule has 1 aromatic heterocycles. The van der Waals surface area contributed by atoms with Gasteiger partial charge in [-0.3, -0.25) is 0 Å². The number of nitrogens with zero attached hydrogens (tertiary/aromatic N) is 1. The van der Waals surface area contributed by atoms with E-state index in [1.807, 2.05) is 39.0 Å². The summed E-state index contributed by atoms with van der Waals surface area (Å²) in [6.45, 7) is 8.00. The predicted octanol–water partition coefficient (Wildman–Crippen LogP) is 5.94. The van der Waals surface area contributed by atoms with Gasteiger partial charge in [0.15, 0.2) is 0 Å². The van der Waals surface area contributed by atoms with Gasteiger partial charge >= 0.3 is 0 Å². The van der Waals surface area contributed by atoms with Crippen molar-refractivity contribution < 1.29 is 0 Å².